The van der Waals surface area contributed by atoms with E-state index in [1.165, 1.54) is 32.4 Å². The minimum absolute atomic E-state index is 0.520. The van der Waals surface area contributed by atoms with Gasteiger partial charge in [-0.25, -0.2) is 0 Å². The maximum absolute atomic E-state index is 5.71. The van der Waals surface area contributed by atoms with Gasteiger partial charge >= 0.3 is 0 Å². The highest BCUT2D eigenvalue weighted by molar-refractivity contribution is 9.09. The molecular weight excluding hydrogens is 254 g/mol. The van der Waals surface area contributed by atoms with Crippen LogP contribution in [0.4, 0.5) is 0 Å². The molecular formula is C12H22BrNO. The molecule has 0 aromatic rings. The third-order valence-corrected chi connectivity index (χ3v) is 4.44. The average Bonchev–Trinajstić information content (AvgIpc) is 2.69. The van der Waals surface area contributed by atoms with Crippen LogP contribution >= 0.6 is 15.9 Å². The number of rotatable bonds is 3. The molecule has 3 unspecified atom stereocenters. The summed E-state index contributed by atoms with van der Waals surface area (Å²) in [6, 6.07) is 0. The van der Waals surface area contributed by atoms with E-state index in [1.54, 1.807) is 0 Å². The molecule has 0 aromatic carbocycles. The van der Waals surface area contributed by atoms with E-state index in [9.17, 15) is 0 Å². The predicted octanol–water partition coefficient (Wildman–Crippen LogP) is 2.52. The molecule has 2 fully saturated rings. The third-order valence-electron chi connectivity index (χ3n) is 3.53. The summed E-state index contributed by atoms with van der Waals surface area (Å²) in [6.45, 7) is 7.04. The lowest BCUT2D eigenvalue weighted by molar-refractivity contribution is 0.0481. The Hall–Kier alpha value is 0.400. The van der Waals surface area contributed by atoms with Gasteiger partial charge in [-0.15, -0.1) is 0 Å². The van der Waals surface area contributed by atoms with Gasteiger partial charge in [-0.3, -0.25) is 0 Å². The first-order chi connectivity index (χ1) is 7.28. The Morgan fingerprint density at radius 1 is 1.40 bits per heavy atom. The smallest absolute Gasteiger partial charge is 0.0702 e. The summed E-state index contributed by atoms with van der Waals surface area (Å²) in [5.41, 5.74) is 0. The molecule has 0 saturated carbocycles. The maximum Gasteiger partial charge on any atom is 0.0702 e. The fraction of sp³-hybridized carbons (Fsp3) is 1.00. The second-order valence-corrected chi connectivity index (χ2v) is 5.86. The van der Waals surface area contributed by atoms with Gasteiger partial charge in [-0.1, -0.05) is 22.9 Å². The standard InChI is InChI=1S/C12H22BrNO/c1-10-5-11(6-13)8-14(7-10)9-12-3-2-4-15-12/h10-12H,2-9H2,1H3. The predicted molar refractivity (Wildman–Crippen MR) is 66.5 cm³/mol. The van der Waals surface area contributed by atoms with Crippen molar-refractivity contribution in [1.82, 2.24) is 4.90 Å². The first kappa shape index (κ1) is 11.9. The van der Waals surface area contributed by atoms with E-state index in [2.05, 4.69) is 27.8 Å². The van der Waals surface area contributed by atoms with Gasteiger partial charge in [0.2, 0.25) is 0 Å². The molecule has 3 atom stereocenters. The van der Waals surface area contributed by atoms with Gasteiger partial charge in [-0.2, -0.15) is 0 Å². The van der Waals surface area contributed by atoms with Crippen molar-refractivity contribution in [3.8, 4) is 0 Å². The Morgan fingerprint density at radius 3 is 2.93 bits per heavy atom. The minimum atomic E-state index is 0.520. The van der Waals surface area contributed by atoms with Crippen LogP contribution in [0.2, 0.25) is 0 Å². The largest absolute Gasteiger partial charge is 0.377 e. The van der Waals surface area contributed by atoms with E-state index in [4.69, 9.17) is 4.74 Å². The molecule has 0 bridgehead atoms. The van der Waals surface area contributed by atoms with Gasteiger partial charge in [0.1, 0.15) is 0 Å². The number of hydrogen-bond donors (Lipinski definition) is 0. The third kappa shape index (κ3) is 3.43. The van der Waals surface area contributed by atoms with E-state index in [1.807, 2.05) is 0 Å². The molecule has 2 aliphatic rings. The van der Waals surface area contributed by atoms with Crippen molar-refractivity contribution in [3.63, 3.8) is 0 Å². The average molecular weight is 276 g/mol. The molecule has 0 amide bonds. The molecule has 15 heavy (non-hydrogen) atoms. The molecule has 2 nitrogen and oxygen atoms in total. The first-order valence-corrected chi connectivity index (χ1v) is 7.30. The van der Waals surface area contributed by atoms with Crippen molar-refractivity contribution < 1.29 is 4.74 Å². The summed E-state index contributed by atoms with van der Waals surface area (Å²) >= 11 is 3.62. The van der Waals surface area contributed by atoms with Gasteiger partial charge in [-0.05, 0) is 31.1 Å². The van der Waals surface area contributed by atoms with E-state index in [-0.39, 0.29) is 0 Å². The molecule has 0 aliphatic carbocycles. The fourth-order valence-electron chi connectivity index (χ4n) is 2.94. The Kier molecular flexibility index (Phi) is 4.47. The molecule has 2 rings (SSSR count). The zero-order valence-corrected chi connectivity index (χ0v) is 11.2. The van der Waals surface area contributed by atoms with Crippen LogP contribution in [0.1, 0.15) is 26.2 Å². The van der Waals surface area contributed by atoms with Crippen molar-refractivity contribution in [3.05, 3.63) is 0 Å². The van der Waals surface area contributed by atoms with Crippen molar-refractivity contribution in [2.45, 2.75) is 32.3 Å². The van der Waals surface area contributed by atoms with Crippen LogP contribution in [-0.4, -0.2) is 42.6 Å². The van der Waals surface area contributed by atoms with Crippen LogP contribution in [0.3, 0.4) is 0 Å². The summed E-state index contributed by atoms with van der Waals surface area (Å²) < 4.78 is 5.71. The second-order valence-electron chi connectivity index (χ2n) is 5.21. The number of nitrogens with zero attached hydrogens (tertiary/aromatic N) is 1. The highest BCUT2D eigenvalue weighted by Crippen LogP contribution is 2.24. The monoisotopic (exact) mass is 275 g/mol. The van der Waals surface area contributed by atoms with Crippen LogP contribution in [0.15, 0.2) is 0 Å². The Morgan fingerprint density at radius 2 is 2.27 bits per heavy atom. The Balaban J connectivity index is 1.80. The van der Waals surface area contributed by atoms with Gasteiger partial charge in [0.05, 0.1) is 6.10 Å². The number of ether oxygens (including phenoxy) is 1. The minimum Gasteiger partial charge on any atom is -0.377 e. The Bertz CT molecular complexity index is 194. The number of halogens is 1. The van der Waals surface area contributed by atoms with Crippen molar-refractivity contribution in [1.29, 1.82) is 0 Å². The van der Waals surface area contributed by atoms with Gasteiger partial charge in [0.25, 0.3) is 0 Å². The highest BCUT2D eigenvalue weighted by atomic mass is 79.9. The summed E-state index contributed by atoms with van der Waals surface area (Å²) in [7, 11) is 0. The molecule has 2 aliphatic heterocycles. The molecule has 0 radical (unpaired) electrons. The van der Waals surface area contributed by atoms with Gasteiger partial charge < -0.3 is 9.64 Å². The summed E-state index contributed by atoms with van der Waals surface area (Å²) in [5.74, 6) is 1.69. The number of alkyl halides is 1. The van der Waals surface area contributed by atoms with Crippen molar-refractivity contribution >= 4 is 15.9 Å². The lowest BCUT2D eigenvalue weighted by Crippen LogP contribution is -2.43. The van der Waals surface area contributed by atoms with Gasteiger partial charge in [0, 0.05) is 31.6 Å². The van der Waals surface area contributed by atoms with Crippen LogP contribution < -0.4 is 0 Å². The lowest BCUT2D eigenvalue weighted by Gasteiger charge is -2.36. The van der Waals surface area contributed by atoms with E-state index >= 15 is 0 Å². The zero-order valence-electron chi connectivity index (χ0n) is 9.62. The first-order valence-electron chi connectivity index (χ1n) is 6.18. The van der Waals surface area contributed by atoms with E-state index in [0.717, 1.165) is 30.3 Å². The van der Waals surface area contributed by atoms with Crippen molar-refractivity contribution in [2.75, 3.05) is 31.6 Å². The van der Waals surface area contributed by atoms with E-state index < -0.39 is 0 Å². The molecule has 88 valence electrons. The molecule has 0 spiro atoms. The van der Waals surface area contributed by atoms with Crippen LogP contribution in [0.5, 0.6) is 0 Å². The molecule has 2 saturated heterocycles. The SMILES string of the molecule is CC1CC(CBr)CN(CC2CCCO2)C1. The fourth-order valence-corrected chi connectivity index (χ4v) is 3.40. The molecule has 3 heteroatoms. The second kappa shape index (κ2) is 5.65. The van der Waals surface area contributed by atoms with Crippen LogP contribution in [-0.2, 0) is 4.74 Å². The van der Waals surface area contributed by atoms with E-state index in [0.29, 0.717) is 6.10 Å². The molecule has 0 N–H and O–H groups in total. The van der Waals surface area contributed by atoms with Gasteiger partial charge in [0.15, 0.2) is 0 Å². The quantitative estimate of drug-likeness (QED) is 0.734. The lowest BCUT2D eigenvalue weighted by atomic mass is 9.91. The molecule has 2 heterocycles. The van der Waals surface area contributed by atoms with Crippen LogP contribution in [0.25, 0.3) is 0 Å². The highest BCUT2D eigenvalue weighted by Gasteiger charge is 2.27. The topological polar surface area (TPSA) is 12.5 Å². The maximum atomic E-state index is 5.71. The number of hydrogen-bond acceptors (Lipinski definition) is 2. The summed E-state index contributed by atoms with van der Waals surface area (Å²) in [6.07, 6.45) is 4.43. The van der Waals surface area contributed by atoms with Crippen molar-refractivity contribution in [2.24, 2.45) is 11.8 Å². The normalized spacial score (nSPS) is 38.4. The number of likely N-dealkylation sites (tertiary alicyclic amines) is 1. The Labute approximate surface area is 101 Å². The van der Waals surface area contributed by atoms with Crippen LogP contribution in [0, 0.1) is 11.8 Å². The molecule has 0 aromatic heterocycles. The number of piperidine rings is 1. The summed E-state index contributed by atoms with van der Waals surface area (Å²) in [5, 5.41) is 1.15. The summed E-state index contributed by atoms with van der Waals surface area (Å²) in [4.78, 5) is 2.61. The zero-order chi connectivity index (χ0) is 10.7.